The van der Waals surface area contributed by atoms with Crippen molar-refractivity contribution in [1.29, 1.82) is 0 Å². The molecule has 1 aliphatic heterocycles. The van der Waals surface area contributed by atoms with E-state index in [1.54, 1.807) is 7.05 Å². The molecule has 1 aromatic heterocycles. The quantitative estimate of drug-likeness (QED) is 0.666. The minimum Gasteiger partial charge on any atom is -0.493 e. The average Bonchev–Trinajstić information content (AvgIpc) is 2.93. The summed E-state index contributed by atoms with van der Waals surface area (Å²) in [5.41, 5.74) is 2.18. The molecule has 1 aliphatic rings. The molecule has 1 aromatic carbocycles. The lowest BCUT2D eigenvalue weighted by Gasteiger charge is -2.26. The van der Waals surface area contributed by atoms with Gasteiger partial charge in [0.2, 0.25) is 5.89 Å². The summed E-state index contributed by atoms with van der Waals surface area (Å²) in [6.07, 6.45) is 0.999. The summed E-state index contributed by atoms with van der Waals surface area (Å²) < 4.78 is 11.3. The van der Waals surface area contributed by atoms with Gasteiger partial charge in [0.25, 0.3) is 0 Å². The maximum absolute atomic E-state index is 5.71. The van der Waals surface area contributed by atoms with Crippen LogP contribution in [0.1, 0.15) is 35.2 Å². The largest absolute Gasteiger partial charge is 0.493 e. The normalized spacial score (nSPS) is 17.1. The van der Waals surface area contributed by atoms with E-state index in [1.807, 2.05) is 26.0 Å². The van der Waals surface area contributed by atoms with Crippen molar-refractivity contribution in [3.8, 4) is 5.75 Å². The molecule has 0 aliphatic carbocycles. The van der Waals surface area contributed by atoms with Crippen molar-refractivity contribution in [2.75, 3.05) is 20.2 Å². The summed E-state index contributed by atoms with van der Waals surface area (Å²) in [4.78, 5) is 8.63. The molecule has 2 heterocycles. The van der Waals surface area contributed by atoms with Crippen molar-refractivity contribution in [2.45, 2.75) is 32.7 Å². The minimum absolute atomic E-state index is 0.416. The maximum atomic E-state index is 5.71. The Morgan fingerprint density at radius 3 is 2.88 bits per heavy atom. The molecule has 0 amide bonds. The lowest BCUT2D eigenvalue weighted by molar-refractivity contribution is 0.267. The molecule has 3 rings (SSSR count). The molecule has 1 atom stereocenters. The van der Waals surface area contributed by atoms with E-state index in [1.165, 1.54) is 5.56 Å². The van der Waals surface area contributed by atoms with Crippen molar-refractivity contribution < 1.29 is 9.15 Å². The highest BCUT2D eigenvalue weighted by Gasteiger charge is 2.21. The van der Waals surface area contributed by atoms with Gasteiger partial charge in [-0.25, -0.2) is 4.98 Å². The van der Waals surface area contributed by atoms with Gasteiger partial charge in [-0.1, -0.05) is 18.2 Å². The minimum atomic E-state index is 0.416. The standard InChI is InChI=1S/C18H24N4O2/c1-12-13(2)24-17(22-12)11-21-18(19-3)20-10-14-8-9-23-16-7-5-4-6-15(14)16/h4-7,14H,8-11H2,1-3H3,(H2,19,20,21). The van der Waals surface area contributed by atoms with Gasteiger partial charge in [-0.3, -0.25) is 4.99 Å². The Bertz CT molecular complexity index is 704. The second kappa shape index (κ2) is 7.38. The third kappa shape index (κ3) is 3.69. The van der Waals surface area contributed by atoms with Crippen LogP contribution < -0.4 is 15.4 Å². The Morgan fingerprint density at radius 2 is 2.12 bits per heavy atom. The fourth-order valence-electron chi connectivity index (χ4n) is 2.84. The van der Waals surface area contributed by atoms with Gasteiger partial charge in [-0.15, -0.1) is 0 Å². The second-order valence-electron chi connectivity index (χ2n) is 5.93. The molecule has 6 heteroatoms. The predicted octanol–water partition coefficient (Wildman–Crippen LogP) is 2.52. The third-order valence-corrected chi connectivity index (χ3v) is 4.30. The van der Waals surface area contributed by atoms with Crippen molar-refractivity contribution in [3.63, 3.8) is 0 Å². The first-order chi connectivity index (χ1) is 11.7. The summed E-state index contributed by atoms with van der Waals surface area (Å²) in [7, 11) is 1.76. The molecule has 0 saturated heterocycles. The Kier molecular flexibility index (Phi) is 5.03. The van der Waals surface area contributed by atoms with Gasteiger partial charge in [0.1, 0.15) is 11.5 Å². The van der Waals surface area contributed by atoms with Crippen LogP contribution in [0.15, 0.2) is 33.7 Å². The molecular weight excluding hydrogens is 304 g/mol. The van der Waals surface area contributed by atoms with Gasteiger partial charge in [0.05, 0.1) is 18.8 Å². The summed E-state index contributed by atoms with van der Waals surface area (Å²) in [5.74, 6) is 3.68. The highest BCUT2D eigenvalue weighted by Crippen LogP contribution is 2.32. The fourth-order valence-corrected chi connectivity index (χ4v) is 2.84. The zero-order valence-electron chi connectivity index (χ0n) is 14.4. The van der Waals surface area contributed by atoms with Crippen LogP contribution in [0.3, 0.4) is 0 Å². The van der Waals surface area contributed by atoms with Crippen LogP contribution in [0.5, 0.6) is 5.75 Å². The summed E-state index contributed by atoms with van der Waals surface area (Å²) in [6, 6.07) is 8.23. The number of hydrogen-bond donors (Lipinski definition) is 2. The Balaban J connectivity index is 1.55. The van der Waals surface area contributed by atoms with E-state index >= 15 is 0 Å². The molecule has 0 bridgehead atoms. The smallest absolute Gasteiger partial charge is 0.214 e. The molecule has 128 valence electrons. The van der Waals surface area contributed by atoms with Crippen LogP contribution in [0.4, 0.5) is 0 Å². The van der Waals surface area contributed by atoms with Crippen LogP contribution in [-0.2, 0) is 6.54 Å². The number of nitrogens with zero attached hydrogens (tertiary/aromatic N) is 2. The number of guanidine groups is 1. The van der Waals surface area contributed by atoms with E-state index in [4.69, 9.17) is 9.15 Å². The van der Waals surface area contributed by atoms with Crippen molar-refractivity contribution in [3.05, 3.63) is 47.2 Å². The Labute approximate surface area is 142 Å². The van der Waals surface area contributed by atoms with E-state index < -0.39 is 0 Å². The number of para-hydroxylation sites is 1. The molecule has 6 nitrogen and oxygen atoms in total. The van der Waals surface area contributed by atoms with Gasteiger partial charge in [-0.2, -0.15) is 0 Å². The lowest BCUT2D eigenvalue weighted by atomic mass is 9.93. The van der Waals surface area contributed by atoms with Gasteiger partial charge >= 0.3 is 0 Å². The number of oxazole rings is 1. The molecule has 0 saturated carbocycles. The molecule has 2 aromatic rings. The van der Waals surface area contributed by atoms with Crippen LogP contribution >= 0.6 is 0 Å². The average molecular weight is 328 g/mol. The number of hydrogen-bond acceptors (Lipinski definition) is 4. The van der Waals surface area contributed by atoms with Crippen LogP contribution in [0, 0.1) is 13.8 Å². The van der Waals surface area contributed by atoms with Crippen LogP contribution in [-0.4, -0.2) is 31.1 Å². The number of rotatable bonds is 4. The number of aryl methyl sites for hydroxylation is 2. The summed E-state index contributed by atoms with van der Waals surface area (Å²) in [5, 5.41) is 6.63. The number of benzene rings is 1. The van der Waals surface area contributed by atoms with Crippen LogP contribution in [0.2, 0.25) is 0 Å². The number of ether oxygens (including phenoxy) is 1. The Hall–Kier alpha value is -2.50. The van der Waals surface area contributed by atoms with Crippen molar-refractivity contribution in [2.24, 2.45) is 4.99 Å². The van der Waals surface area contributed by atoms with Gasteiger partial charge in [-0.05, 0) is 31.9 Å². The van der Waals surface area contributed by atoms with E-state index in [9.17, 15) is 0 Å². The van der Waals surface area contributed by atoms with E-state index in [2.05, 4.69) is 32.7 Å². The summed E-state index contributed by atoms with van der Waals surface area (Å²) in [6.45, 7) is 5.94. The number of nitrogens with one attached hydrogen (secondary N) is 2. The van der Waals surface area contributed by atoms with E-state index in [-0.39, 0.29) is 0 Å². The molecule has 2 N–H and O–H groups in total. The van der Waals surface area contributed by atoms with Gasteiger partial charge in [0, 0.05) is 19.5 Å². The molecule has 0 radical (unpaired) electrons. The molecule has 0 fully saturated rings. The SMILES string of the molecule is CN=C(NCc1nc(C)c(C)o1)NCC1CCOc2ccccc21. The van der Waals surface area contributed by atoms with Gasteiger partial charge < -0.3 is 19.8 Å². The molecular formula is C18H24N4O2. The first-order valence-corrected chi connectivity index (χ1v) is 8.26. The number of aliphatic imine (C=N–C) groups is 1. The van der Waals surface area contributed by atoms with Gasteiger partial charge in [0.15, 0.2) is 5.96 Å². The van der Waals surface area contributed by atoms with Crippen LogP contribution in [0.25, 0.3) is 0 Å². The van der Waals surface area contributed by atoms with E-state index in [0.717, 1.165) is 42.7 Å². The first kappa shape index (κ1) is 16.4. The summed E-state index contributed by atoms with van der Waals surface area (Å²) >= 11 is 0. The first-order valence-electron chi connectivity index (χ1n) is 8.26. The molecule has 0 spiro atoms. The van der Waals surface area contributed by atoms with Crippen molar-refractivity contribution in [1.82, 2.24) is 15.6 Å². The fraction of sp³-hybridized carbons (Fsp3) is 0.444. The second-order valence-corrected chi connectivity index (χ2v) is 5.93. The Morgan fingerprint density at radius 1 is 1.29 bits per heavy atom. The maximum Gasteiger partial charge on any atom is 0.214 e. The van der Waals surface area contributed by atoms with E-state index in [0.29, 0.717) is 18.4 Å². The number of fused-ring (bicyclic) bond motifs is 1. The highest BCUT2D eigenvalue weighted by molar-refractivity contribution is 5.79. The predicted molar refractivity (Wildman–Crippen MR) is 93.5 cm³/mol. The molecule has 1 unspecified atom stereocenters. The molecule has 24 heavy (non-hydrogen) atoms. The zero-order valence-corrected chi connectivity index (χ0v) is 14.4. The lowest BCUT2D eigenvalue weighted by Crippen LogP contribution is -2.39. The number of aromatic nitrogens is 1. The zero-order chi connectivity index (χ0) is 16.9. The highest BCUT2D eigenvalue weighted by atomic mass is 16.5. The third-order valence-electron chi connectivity index (χ3n) is 4.30. The van der Waals surface area contributed by atoms with Crippen molar-refractivity contribution >= 4 is 5.96 Å². The monoisotopic (exact) mass is 328 g/mol. The topological polar surface area (TPSA) is 71.7 Å².